The molecule has 2 saturated heterocycles. The molecular weight excluding hydrogens is 579 g/mol. The third-order valence-corrected chi connectivity index (χ3v) is 7.94. The maximum atomic E-state index is 13.0. The van der Waals surface area contributed by atoms with E-state index in [-0.39, 0.29) is 34.9 Å². The number of piperidine rings is 1. The zero-order valence-electron chi connectivity index (χ0n) is 24.1. The Morgan fingerprint density at radius 2 is 1.64 bits per heavy atom. The van der Waals surface area contributed by atoms with Gasteiger partial charge in [0.1, 0.15) is 5.69 Å². The van der Waals surface area contributed by atoms with Crippen LogP contribution in [0.3, 0.4) is 0 Å². The van der Waals surface area contributed by atoms with E-state index >= 15 is 0 Å². The number of nitrogens with two attached hydrogens (primary N) is 1. The molecule has 234 valence electrons. The number of hydrogen-bond acceptors (Lipinski definition) is 8. The van der Waals surface area contributed by atoms with Crippen LogP contribution in [0.2, 0.25) is 0 Å². The monoisotopic (exact) mass is 613 g/mol. The van der Waals surface area contributed by atoms with Gasteiger partial charge in [-0.05, 0) is 67.3 Å². The first kappa shape index (κ1) is 31.0. The van der Waals surface area contributed by atoms with Gasteiger partial charge in [-0.2, -0.15) is 13.2 Å². The van der Waals surface area contributed by atoms with Gasteiger partial charge in [0, 0.05) is 50.0 Å². The Labute approximate surface area is 252 Å². The number of nitrogens with one attached hydrogen (secondary N) is 2. The summed E-state index contributed by atoms with van der Waals surface area (Å²) in [5.41, 5.74) is 7.65. The van der Waals surface area contributed by atoms with Crippen molar-refractivity contribution in [2.75, 3.05) is 56.7 Å². The molecule has 0 spiro atoms. The number of morpholine rings is 1. The molecule has 1 aromatic heterocycles. The lowest BCUT2D eigenvalue weighted by atomic mass is 9.87. The van der Waals surface area contributed by atoms with Gasteiger partial charge in [-0.25, -0.2) is 14.8 Å². The molecule has 0 saturated carbocycles. The lowest BCUT2D eigenvalue weighted by molar-refractivity contribution is -0.137. The van der Waals surface area contributed by atoms with Crippen molar-refractivity contribution in [2.24, 2.45) is 11.7 Å². The Balaban J connectivity index is 1.35. The van der Waals surface area contributed by atoms with Crippen LogP contribution in [0, 0.1) is 5.92 Å². The highest BCUT2D eigenvalue weighted by atomic mass is 19.4. The Morgan fingerprint density at radius 1 is 1.00 bits per heavy atom. The van der Waals surface area contributed by atoms with Crippen LogP contribution in [0.4, 0.5) is 29.5 Å². The van der Waals surface area contributed by atoms with E-state index in [1.54, 1.807) is 29.2 Å². The van der Waals surface area contributed by atoms with Gasteiger partial charge in [-0.1, -0.05) is 0 Å². The number of ether oxygens (including phenoxy) is 1. The number of alkyl halides is 3. The Morgan fingerprint density at radius 3 is 2.23 bits per heavy atom. The first-order chi connectivity index (χ1) is 21.0. The number of rotatable bonds is 6. The summed E-state index contributed by atoms with van der Waals surface area (Å²) in [6, 6.07) is 10.1. The number of carbonyl (C=O) groups is 2. The summed E-state index contributed by atoms with van der Waals surface area (Å²) in [4.78, 5) is 37.6. The number of aromatic hydroxyl groups is 1. The van der Waals surface area contributed by atoms with E-state index in [1.165, 1.54) is 19.2 Å². The fraction of sp³-hybridized carbons (Fsp3) is 0.400. The van der Waals surface area contributed by atoms with Crippen molar-refractivity contribution >= 4 is 23.4 Å². The normalized spacial score (nSPS) is 16.8. The van der Waals surface area contributed by atoms with E-state index in [2.05, 4.69) is 15.6 Å². The third-order valence-electron chi connectivity index (χ3n) is 7.94. The molecule has 44 heavy (non-hydrogen) atoms. The number of likely N-dealkylation sites (tertiary alicyclic amines) is 1. The minimum Gasteiger partial charge on any atom is -0.503 e. The second kappa shape index (κ2) is 13.1. The maximum absolute atomic E-state index is 13.0. The molecule has 2 aliphatic heterocycles. The number of hydrogen-bond donors (Lipinski definition) is 4. The molecule has 14 heteroatoms. The largest absolute Gasteiger partial charge is 0.503 e. The van der Waals surface area contributed by atoms with E-state index in [4.69, 9.17) is 15.5 Å². The Hall–Kier alpha value is -4.43. The van der Waals surface area contributed by atoms with Gasteiger partial charge in [0.25, 0.3) is 5.91 Å². The second-order valence-corrected chi connectivity index (χ2v) is 10.7. The predicted octanol–water partition coefficient (Wildman–Crippen LogP) is 4.01. The van der Waals surface area contributed by atoms with Crippen LogP contribution in [0.1, 0.15) is 40.5 Å². The average molecular weight is 614 g/mol. The van der Waals surface area contributed by atoms with Crippen molar-refractivity contribution in [1.82, 2.24) is 20.2 Å². The summed E-state index contributed by atoms with van der Waals surface area (Å²) in [7, 11) is 1.52. The molecule has 3 aromatic rings. The predicted molar refractivity (Wildman–Crippen MR) is 157 cm³/mol. The van der Waals surface area contributed by atoms with E-state index in [0.29, 0.717) is 75.1 Å². The molecule has 5 rings (SSSR count). The lowest BCUT2D eigenvalue weighted by Gasteiger charge is -2.35. The first-order valence-electron chi connectivity index (χ1n) is 14.3. The van der Waals surface area contributed by atoms with Crippen LogP contribution in [0.5, 0.6) is 5.75 Å². The SMILES string of the molecule is CNC(=O)Nc1ccc(-c2nc(C(N)C3CCN(C(=O)c4ccc(C(F)(F)F)cc4)CC3)c(O)c(N3CCOCC3)n2)cc1. The van der Waals surface area contributed by atoms with Crippen molar-refractivity contribution < 1.29 is 32.6 Å². The molecule has 1 atom stereocenters. The third kappa shape index (κ3) is 6.86. The molecule has 5 N–H and O–H groups in total. The van der Waals surface area contributed by atoms with E-state index < -0.39 is 17.8 Å². The molecule has 2 aromatic carbocycles. The summed E-state index contributed by atoms with van der Waals surface area (Å²) < 4.78 is 44.2. The topological polar surface area (TPSA) is 146 Å². The molecule has 2 aliphatic rings. The highest BCUT2D eigenvalue weighted by Crippen LogP contribution is 2.39. The maximum Gasteiger partial charge on any atom is 0.416 e. The standard InChI is InChI=1S/C30H34F3N7O4/c1-35-29(43)36-22-8-4-19(5-9-22)26-37-24(25(41)27(38-26)39-14-16-44-17-15-39)23(34)18-10-12-40(13-11-18)28(42)20-2-6-21(7-3-20)30(31,32)33/h2-9,18,23,41H,10-17,34H2,1H3,(H2,35,36,43). The summed E-state index contributed by atoms with van der Waals surface area (Å²) in [5, 5.41) is 16.6. The number of amides is 3. The number of nitrogens with zero attached hydrogens (tertiary/aromatic N) is 4. The van der Waals surface area contributed by atoms with Crippen LogP contribution < -0.4 is 21.3 Å². The molecule has 11 nitrogen and oxygen atoms in total. The number of benzene rings is 2. The van der Waals surface area contributed by atoms with Gasteiger partial charge >= 0.3 is 12.2 Å². The van der Waals surface area contributed by atoms with Gasteiger partial charge < -0.3 is 36.0 Å². The van der Waals surface area contributed by atoms with Gasteiger partial charge in [0.05, 0.1) is 24.8 Å². The Bertz CT molecular complexity index is 1470. The zero-order chi connectivity index (χ0) is 31.4. The fourth-order valence-electron chi connectivity index (χ4n) is 5.38. The fourth-order valence-corrected chi connectivity index (χ4v) is 5.38. The smallest absolute Gasteiger partial charge is 0.416 e. The number of aromatic nitrogens is 2. The Kier molecular flexibility index (Phi) is 9.20. The van der Waals surface area contributed by atoms with Crippen LogP contribution in [-0.2, 0) is 10.9 Å². The van der Waals surface area contributed by atoms with Gasteiger partial charge in [-0.15, -0.1) is 0 Å². The minimum absolute atomic E-state index is 0.107. The van der Waals surface area contributed by atoms with E-state index in [9.17, 15) is 27.9 Å². The molecule has 0 bridgehead atoms. The number of urea groups is 1. The van der Waals surface area contributed by atoms with E-state index in [1.807, 2.05) is 4.90 Å². The minimum atomic E-state index is -4.47. The van der Waals surface area contributed by atoms with Crippen LogP contribution >= 0.6 is 0 Å². The van der Waals surface area contributed by atoms with Crippen molar-refractivity contribution in [3.63, 3.8) is 0 Å². The highest BCUT2D eigenvalue weighted by molar-refractivity contribution is 5.94. The lowest BCUT2D eigenvalue weighted by Crippen LogP contribution is -2.41. The van der Waals surface area contributed by atoms with Crippen molar-refractivity contribution in [3.8, 4) is 17.1 Å². The molecule has 3 heterocycles. The molecule has 0 radical (unpaired) electrons. The van der Waals surface area contributed by atoms with Gasteiger partial charge in [0.15, 0.2) is 17.4 Å². The molecule has 1 unspecified atom stereocenters. The van der Waals surface area contributed by atoms with Gasteiger partial charge in [-0.3, -0.25) is 4.79 Å². The van der Waals surface area contributed by atoms with Gasteiger partial charge in [0.2, 0.25) is 0 Å². The molecule has 2 fully saturated rings. The summed E-state index contributed by atoms with van der Waals surface area (Å²) in [5.74, 6) is 0.130. The zero-order valence-corrected chi connectivity index (χ0v) is 24.1. The van der Waals surface area contributed by atoms with Crippen LogP contribution in [0.15, 0.2) is 48.5 Å². The summed E-state index contributed by atoms with van der Waals surface area (Å²) in [6.45, 7) is 2.72. The van der Waals surface area contributed by atoms with Crippen molar-refractivity contribution in [2.45, 2.75) is 25.1 Å². The van der Waals surface area contributed by atoms with Crippen LogP contribution in [-0.4, -0.2) is 78.4 Å². The van der Waals surface area contributed by atoms with Crippen LogP contribution in [0.25, 0.3) is 11.4 Å². The number of halogens is 3. The summed E-state index contributed by atoms with van der Waals surface area (Å²) in [6.07, 6.45) is -3.45. The quantitative estimate of drug-likeness (QED) is 0.326. The van der Waals surface area contributed by atoms with Crippen molar-refractivity contribution in [1.29, 1.82) is 0 Å². The average Bonchev–Trinajstić information content (AvgIpc) is 3.04. The number of carbonyl (C=O) groups excluding carboxylic acids is 2. The highest BCUT2D eigenvalue weighted by Gasteiger charge is 2.33. The molecule has 0 aliphatic carbocycles. The number of anilines is 2. The first-order valence-corrected chi connectivity index (χ1v) is 14.3. The van der Waals surface area contributed by atoms with E-state index in [0.717, 1.165) is 12.1 Å². The summed E-state index contributed by atoms with van der Waals surface area (Å²) >= 11 is 0. The molecular formula is C30H34F3N7O4. The van der Waals surface area contributed by atoms with Crippen molar-refractivity contribution in [3.05, 3.63) is 65.4 Å². The second-order valence-electron chi connectivity index (χ2n) is 10.7. The molecule has 3 amide bonds.